The molecule has 2 rings (SSSR count). The number of aryl methyl sites for hydroxylation is 1. The Balaban J connectivity index is 2.61. The van der Waals surface area contributed by atoms with Gasteiger partial charge in [0.25, 0.3) is 0 Å². The van der Waals surface area contributed by atoms with Crippen LogP contribution in [0.1, 0.15) is 19.2 Å². The zero-order chi connectivity index (χ0) is 13.3. The van der Waals surface area contributed by atoms with Crippen LogP contribution in [0.3, 0.4) is 0 Å². The number of benzene rings is 1. The maximum absolute atomic E-state index is 13.8. The van der Waals surface area contributed by atoms with Gasteiger partial charge in [-0.2, -0.15) is 0 Å². The Labute approximate surface area is 109 Å². The van der Waals surface area contributed by atoms with Crippen LogP contribution < -0.4 is 11.6 Å². The summed E-state index contributed by atoms with van der Waals surface area (Å²) in [7, 11) is 0. The predicted octanol–water partition coefficient (Wildman–Crippen LogP) is 2.59. The van der Waals surface area contributed by atoms with Gasteiger partial charge < -0.3 is 11.6 Å². The van der Waals surface area contributed by atoms with E-state index in [1.54, 1.807) is 6.07 Å². The molecule has 1 heterocycles. The summed E-state index contributed by atoms with van der Waals surface area (Å²) in [6.45, 7) is 2.00. The van der Waals surface area contributed by atoms with Crippen LogP contribution in [0, 0.1) is 5.82 Å². The van der Waals surface area contributed by atoms with E-state index in [-0.39, 0.29) is 16.4 Å². The molecule has 0 saturated heterocycles. The lowest BCUT2D eigenvalue weighted by Gasteiger charge is -2.04. The Morgan fingerprint density at radius 3 is 2.78 bits per heavy atom. The van der Waals surface area contributed by atoms with E-state index in [0.29, 0.717) is 17.9 Å². The van der Waals surface area contributed by atoms with E-state index in [2.05, 4.69) is 4.98 Å². The largest absolute Gasteiger partial charge is 0.382 e. The summed E-state index contributed by atoms with van der Waals surface area (Å²) in [6.07, 6.45) is 1.55. The molecule has 0 atom stereocenters. The fraction of sp³-hybridized carbons (Fsp3) is 0.250. The van der Waals surface area contributed by atoms with Gasteiger partial charge in [0.05, 0.1) is 10.6 Å². The SMILES string of the molecule is CCCc1nc(-c2c(F)cccc2Cl)c(N)n1N. The van der Waals surface area contributed by atoms with Crippen LogP contribution in [0.5, 0.6) is 0 Å². The summed E-state index contributed by atoms with van der Waals surface area (Å²) in [5.74, 6) is 6.16. The third-order valence-electron chi connectivity index (χ3n) is 2.69. The van der Waals surface area contributed by atoms with Crippen molar-refractivity contribution < 1.29 is 4.39 Å². The number of hydrogen-bond acceptors (Lipinski definition) is 3. The van der Waals surface area contributed by atoms with E-state index in [1.165, 1.54) is 16.8 Å². The van der Waals surface area contributed by atoms with Gasteiger partial charge in [0.1, 0.15) is 17.3 Å². The third kappa shape index (κ3) is 2.01. The molecule has 0 amide bonds. The molecule has 0 fully saturated rings. The fourth-order valence-corrected chi connectivity index (χ4v) is 2.05. The summed E-state index contributed by atoms with van der Waals surface area (Å²) >= 11 is 5.99. The van der Waals surface area contributed by atoms with Crippen LogP contribution >= 0.6 is 11.6 Å². The van der Waals surface area contributed by atoms with Gasteiger partial charge in [-0.15, -0.1) is 0 Å². The molecule has 2 aromatic rings. The van der Waals surface area contributed by atoms with Gasteiger partial charge >= 0.3 is 0 Å². The Bertz CT molecular complexity index is 559. The van der Waals surface area contributed by atoms with Crippen LogP contribution in [0.25, 0.3) is 11.3 Å². The maximum atomic E-state index is 13.8. The highest BCUT2D eigenvalue weighted by molar-refractivity contribution is 6.33. The number of hydrogen-bond donors (Lipinski definition) is 2. The predicted molar refractivity (Wildman–Crippen MR) is 71.2 cm³/mol. The van der Waals surface area contributed by atoms with Crippen LogP contribution in [0.2, 0.25) is 5.02 Å². The minimum atomic E-state index is -0.463. The molecule has 0 bridgehead atoms. The molecule has 1 aromatic carbocycles. The van der Waals surface area contributed by atoms with Crippen molar-refractivity contribution >= 4 is 17.4 Å². The highest BCUT2D eigenvalue weighted by atomic mass is 35.5. The van der Waals surface area contributed by atoms with Crippen molar-refractivity contribution in [1.29, 1.82) is 0 Å². The lowest BCUT2D eigenvalue weighted by Crippen LogP contribution is -2.15. The standard InChI is InChI=1S/C12H14ClFN4/c1-2-4-9-17-11(12(15)18(9)16)10-7(13)5-3-6-8(10)14/h3,5-6H,2,4,15-16H2,1H3. The minimum absolute atomic E-state index is 0.193. The first-order valence-electron chi connectivity index (χ1n) is 5.62. The van der Waals surface area contributed by atoms with E-state index in [0.717, 1.165) is 6.42 Å². The second-order valence-electron chi connectivity index (χ2n) is 3.98. The smallest absolute Gasteiger partial charge is 0.151 e. The van der Waals surface area contributed by atoms with Gasteiger partial charge in [-0.05, 0) is 18.6 Å². The molecule has 0 unspecified atom stereocenters. The molecule has 96 valence electrons. The van der Waals surface area contributed by atoms with Crippen LogP contribution in [-0.4, -0.2) is 9.66 Å². The molecule has 0 radical (unpaired) electrons. The number of rotatable bonds is 3. The molecule has 4 nitrogen and oxygen atoms in total. The van der Waals surface area contributed by atoms with E-state index in [4.69, 9.17) is 23.2 Å². The first-order valence-corrected chi connectivity index (χ1v) is 6.00. The zero-order valence-electron chi connectivity index (χ0n) is 9.95. The quantitative estimate of drug-likeness (QED) is 0.841. The van der Waals surface area contributed by atoms with Gasteiger partial charge in [0.15, 0.2) is 5.82 Å². The fourth-order valence-electron chi connectivity index (χ4n) is 1.80. The lowest BCUT2D eigenvalue weighted by atomic mass is 10.1. The molecule has 1 aromatic heterocycles. The van der Waals surface area contributed by atoms with Crippen molar-refractivity contribution in [2.75, 3.05) is 11.6 Å². The Morgan fingerprint density at radius 1 is 1.44 bits per heavy atom. The topological polar surface area (TPSA) is 69.9 Å². The average Bonchev–Trinajstić information content (AvgIpc) is 2.59. The molecule has 4 N–H and O–H groups in total. The average molecular weight is 269 g/mol. The van der Waals surface area contributed by atoms with Gasteiger partial charge in [-0.3, -0.25) is 0 Å². The zero-order valence-corrected chi connectivity index (χ0v) is 10.7. The van der Waals surface area contributed by atoms with Crippen LogP contribution in [0.15, 0.2) is 18.2 Å². The Morgan fingerprint density at radius 2 is 2.17 bits per heavy atom. The normalized spacial score (nSPS) is 10.8. The van der Waals surface area contributed by atoms with E-state index < -0.39 is 5.82 Å². The number of halogens is 2. The number of imidazole rings is 1. The number of nitrogen functional groups attached to an aromatic ring is 2. The second kappa shape index (κ2) is 4.86. The first-order chi connectivity index (χ1) is 8.56. The molecule has 0 aliphatic rings. The number of anilines is 1. The Hall–Kier alpha value is -1.75. The van der Waals surface area contributed by atoms with Crippen LogP contribution in [0.4, 0.5) is 10.2 Å². The van der Waals surface area contributed by atoms with Crippen molar-refractivity contribution in [2.45, 2.75) is 19.8 Å². The van der Waals surface area contributed by atoms with Crippen molar-refractivity contribution in [2.24, 2.45) is 0 Å². The van der Waals surface area contributed by atoms with Gasteiger partial charge in [-0.1, -0.05) is 24.6 Å². The van der Waals surface area contributed by atoms with Gasteiger partial charge in [-0.25, -0.2) is 14.1 Å². The molecule has 6 heteroatoms. The molecule has 0 aliphatic heterocycles. The summed E-state index contributed by atoms with van der Waals surface area (Å²) < 4.78 is 15.1. The number of aromatic nitrogens is 2. The van der Waals surface area contributed by atoms with Crippen LogP contribution in [-0.2, 0) is 6.42 Å². The number of nitrogens with zero attached hydrogens (tertiary/aromatic N) is 2. The van der Waals surface area contributed by atoms with Gasteiger partial charge in [0, 0.05) is 6.42 Å². The van der Waals surface area contributed by atoms with Crippen molar-refractivity contribution in [3.05, 3.63) is 34.9 Å². The van der Waals surface area contributed by atoms with Crippen molar-refractivity contribution in [3.63, 3.8) is 0 Å². The highest BCUT2D eigenvalue weighted by Crippen LogP contribution is 2.33. The molecule has 18 heavy (non-hydrogen) atoms. The second-order valence-corrected chi connectivity index (χ2v) is 4.39. The third-order valence-corrected chi connectivity index (χ3v) is 3.01. The van der Waals surface area contributed by atoms with Crippen molar-refractivity contribution in [3.8, 4) is 11.3 Å². The maximum Gasteiger partial charge on any atom is 0.151 e. The summed E-state index contributed by atoms with van der Waals surface area (Å²) in [6, 6.07) is 4.44. The van der Waals surface area contributed by atoms with E-state index in [9.17, 15) is 4.39 Å². The molecular formula is C12H14ClFN4. The molecule has 0 aliphatic carbocycles. The molecular weight excluding hydrogens is 255 g/mol. The summed E-state index contributed by atoms with van der Waals surface area (Å²) in [4.78, 5) is 4.28. The van der Waals surface area contributed by atoms with Crippen molar-refractivity contribution in [1.82, 2.24) is 9.66 Å². The highest BCUT2D eigenvalue weighted by Gasteiger charge is 2.19. The first kappa shape index (κ1) is 12.7. The van der Waals surface area contributed by atoms with E-state index in [1.807, 2.05) is 6.92 Å². The van der Waals surface area contributed by atoms with Gasteiger partial charge in [0.2, 0.25) is 0 Å². The number of nitrogens with two attached hydrogens (primary N) is 2. The summed E-state index contributed by atoms with van der Waals surface area (Å²) in [5, 5.41) is 0.267. The summed E-state index contributed by atoms with van der Waals surface area (Å²) in [5.41, 5.74) is 6.34. The van der Waals surface area contributed by atoms with E-state index >= 15 is 0 Å². The Kier molecular flexibility index (Phi) is 3.43. The molecule has 0 spiro atoms. The molecule has 0 saturated carbocycles. The lowest BCUT2D eigenvalue weighted by molar-refractivity contribution is 0.631. The minimum Gasteiger partial charge on any atom is -0.382 e. The monoisotopic (exact) mass is 268 g/mol.